The quantitative estimate of drug-likeness (QED) is 0.811. The minimum Gasteiger partial charge on any atom is -0.370 e. The highest BCUT2D eigenvalue weighted by Gasteiger charge is 2.38. The van der Waals surface area contributed by atoms with E-state index in [9.17, 15) is 4.79 Å². The molecule has 1 amide bonds. The van der Waals surface area contributed by atoms with Crippen molar-refractivity contribution in [1.29, 1.82) is 0 Å². The highest BCUT2D eigenvalue weighted by Crippen LogP contribution is 2.34. The fourth-order valence-corrected chi connectivity index (χ4v) is 1.51. The van der Waals surface area contributed by atoms with E-state index in [1.54, 1.807) is 18.3 Å². The predicted octanol–water partition coefficient (Wildman–Crippen LogP) is 1.80. The number of nitrogens with one attached hydrogen (secondary N) is 2. The van der Waals surface area contributed by atoms with Crippen LogP contribution in [0.1, 0.15) is 37.0 Å². The first-order chi connectivity index (χ1) is 7.63. The van der Waals surface area contributed by atoms with Gasteiger partial charge in [-0.25, -0.2) is 4.98 Å². The standard InChI is InChI=1S/C12H17N3O/c1-3-13-10-8-9(4-7-14-10)11(16)15-12(2)5-6-12/h4,7-8H,3,5-6H2,1-2H3,(H,13,14)(H,15,16). The fourth-order valence-electron chi connectivity index (χ4n) is 1.51. The van der Waals surface area contributed by atoms with Gasteiger partial charge in [0, 0.05) is 23.8 Å². The van der Waals surface area contributed by atoms with Crippen molar-refractivity contribution >= 4 is 11.7 Å². The number of hydrogen-bond acceptors (Lipinski definition) is 3. The van der Waals surface area contributed by atoms with Gasteiger partial charge in [0.25, 0.3) is 5.91 Å². The van der Waals surface area contributed by atoms with Crippen molar-refractivity contribution in [2.45, 2.75) is 32.2 Å². The summed E-state index contributed by atoms with van der Waals surface area (Å²) in [6.45, 7) is 4.87. The molecular weight excluding hydrogens is 202 g/mol. The van der Waals surface area contributed by atoms with Crippen molar-refractivity contribution in [2.75, 3.05) is 11.9 Å². The van der Waals surface area contributed by atoms with Crippen LogP contribution in [0.4, 0.5) is 5.82 Å². The van der Waals surface area contributed by atoms with E-state index in [-0.39, 0.29) is 11.4 Å². The number of carbonyl (C=O) groups is 1. The third-order valence-electron chi connectivity index (χ3n) is 2.80. The Morgan fingerprint density at radius 2 is 2.31 bits per heavy atom. The first kappa shape index (κ1) is 10.9. The van der Waals surface area contributed by atoms with E-state index in [0.717, 1.165) is 25.2 Å². The summed E-state index contributed by atoms with van der Waals surface area (Å²) < 4.78 is 0. The number of hydrogen-bond donors (Lipinski definition) is 2. The van der Waals surface area contributed by atoms with Crippen molar-refractivity contribution in [2.24, 2.45) is 0 Å². The second kappa shape index (κ2) is 4.12. The molecule has 1 aliphatic carbocycles. The zero-order valence-corrected chi connectivity index (χ0v) is 9.71. The fraction of sp³-hybridized carbons (Fsp3) is 0.500. The van der Waals surface area contributed by atoms with Gasteiger partial charge in [-0.05, 0) is 38.8 Å². The van der Waals surface area contributed by atoms with Gasteiger partial charge in [-0.2, -0.15) is 0 Å². The second-order valence-corrected chi connectivity index (χ2v) is 4.47. The molecule has 4 nitrogen and oxygen atoms in total. The summed E-state index contributed by atoms with van der Waals surface area (Å²) >= 11 is 0. The van der Waals surface area contributed by atoms with Gasteiger partial charge in [-0.1, -0.05) is 0 Å². The largest absolute Gasteiger partial charge is 0.370 e. The molecule has 1 heterocycles. The molecule has 0 aromatic carbocycles. The van der Waals surface area contributed by atoms with Gasteiger partial charge in [0.15, 0.2) is 0 Å². The number of pyridine rings is 1. The third-order valence-corrected chi connectivity index (χ3v) is 2.80. The van der Waals surface area contributed by atoms with Crippen molar-refractivity contribution in [3.05, 3.63) is 23.9 Å². The van der Waals surface area contributed by atoms with Gasteiger partial charge in [-0.15, -0.1) is 0 Å². The maximum absolute atomic E-state index is 11.9. The molecule has 0 radical (unpaired) electrons. The van der Waals surface area contributed by atoms with Gasteiger partial charge >= 0.3 is 0 Å². The van der Waals surface area contributed by atoms with Crippen LogP contribution in [-0.2, 0) is 0 Å². The van der Waals surface area contributed by atoms with Crippen molar-refractivity contribution in [1.82, 2.24) is 10.3 Å². The number of rotatable bonds is 4. The van der Waals surface area contributed by atoms with E-state index in [1.807, 2.05) is 6.92 Å². The number of anilines is 1. The van der Waals surface area contributed by atoms with Crippen LogP contribution in [0.15, 0.2) is 18.3 Å². The van der Waals surface area contributed by atoms with Crippen LogP contribution in [0.3, 0.4) is 0 Å². The maximum Gasteiger partial charge on any atom is 0.251 e. The van der Waals surface area contributed by atoms with Crippen LogP contribution in [-0.4, -0.2) is 23.0 Å². The van der Waals surface area contributed by atoms with Crippen LogP contribution >= 0.6 is 0 Å². The number of carbonyl (C=O) groups excluding carboxylic acids is 1. The highest BCUT2D eigenvalue weighted by atomic mass is 16.1. The molecule has 0 spiro atoms. The third kappa shape index (κ3) is 2.51. The number of nitrogens with zero attached hydrogens (tertiary/aromatic N) is 1. The van der Waals surface area contributed by atoms with Crippen LogP contribution < -0.4 is 10.6 Å². The van der Waals surface area contributed by atoms with Gasteiger partial charge in [-0.3, -0.25) is 4.79 Å². The van der Waals surface area contributed by atoms with Crippen molar-refractivity contribution < 1.29 is 4.79 Å². The molecule has 1 fully saturated rings. The Hall–Kier alpha value is -1.58. The smallest absolute Gasteiger partial charge is 0.251 e. The Labute approximate surface area is 95.5 Å². The molecule has 0 aliphatic heterocycles. The Balaban J connectivity index is 2.07. The second-order valence-electron chi connectivity index (χ2n) is 4.47. The van der Waals surface area contributed by atoms with Crippen LogP contribution in [0, 0.1) is 0 Å². The van der Waals surface area contributed by atoms with Crippen molar-refractivity contribution in [3.8, 4) is 0 Å². The molecule has 1 aromatic heterocycles. The summed E-state index contributed by atoms with van der Waals surface area (Å²) in [7, 11) is 0. The van der Waals surface area contributed by atoms with E-state index < -0.39 is 0 Å². The van der Waals surface area contributed by atoms with E-state index in [4.69, 9.17) is 0 Å². The summed E-state index contributed by atoms with van der Waals surface area (Å²) in [5.74, 6) is 0.734. The lowest BCUT2D eigenvalue weighted by molar-refractivity contribution is 0.0935. The Bertz CT molecular complexity index is 399. The Morgan fingerprint density at radius 3 is 2.94 bits per heavy atom. The minimum absolute atomic E-state index is 0.0125. The highest BCUT2D eigenvalue weighted by molar-refractivity contribution is 5.95. The van der Waals surface area contributed by atoms with Gasteiger partial charge in [0.05, 0.1) is 0 Å². The molecule has 0 bridgehead atoms. The van der Waals surface area contributed by atoms with Gasteiger partial charge < -0.3 is 10.6 Å². The minimum atomic E-state index is -0.0125. The average Bonchev–Trinajstić information content (AvgIpc) is 2.97. The monoisotopic (exact) mass is 219 g/mol. The molecule has 0 saturated heterocycles. The number of aromatic nitrogens is 1. The lowest BCUT2D eigenvalue weighted by Crippen LogP contribution is -2.34. The van der Waals surface area contributed by atoms with Gasteiger partial charge in [0.2, 0.25) is 0 Å². The van der Waals surface area contributed by atoms with Crippen molar-refractivity contribution in [3.63, 3.8) is 0 Å². The first-order valence-electron chi connectivity index (χ1n) is 5.65. The molecule has 4 heteroatoms. The van der Waals surface area contributed by atoms with E-state index >= 15 is 0 Å². The summed E-state index contributed by atoms with van der Waals surface area (Å²) in [4.78, 5) is 16.0. The summed E-state index contributed by atoms with van der Waals surface area (Å²) in [6.07, 6.45) is 3.80. The normalized spacial score (nSPS) is 16.6. The molecule has 2 N–H and O–H groups in total. The topological polar surface area (TPSA) is 54.0 Å². The SMILES string of the molecule is CCNc1cc(C(=O)NC2(C)CC2)ccn1. The van der Waals surface area contributed by atoms with Crippen LogP contribution in [0.2, 0.25) is 0 Å². The molecule has 1 aromatic rings. The van der Waals surface area contributed by atoms with E-state index in [1.165, 1.54) is 0 Å². The molecule has 16 heavy (non-hydrogen) atoms. The Kier molecular flexibility index (Phi) is 2.81. The Morgan fingerprint density at radius 1 is 1.56 bits per heavy atom. The predicted molar refractivity (Wildman–Crippen MR) is 63.5 cm³/mol. The van der Waals surface area contributed by atoms with Gasteiger partial charge in [0.1, 0.15) is 5.82 Å². The molecule has 1 aliphatic rings. The number of amides is 1. The van der Waals surface area contributed by atoms with Crippen LogP contribution in [0.5, 0.6) is 0 Å². The molecule has 0 atom stereocenters. The zero-order valence-electron chi connectivity index (χ0n) is 9.71. The lowest BCUT2D eigenvalue weighted by atomic mass is 10.2. The maximum atomic E-state index is 11.9. The molecule has 0 unspecified atom stereocenters. The first-order valence-corrected chi connectivity index (χ1v) is 5.65. The van der Waals surface area contributed by atoms with Crippen LogP contribution in [0.25, 0.3) is 0 Å². The zero-order chi connectivity index (χ0) is 11.6. The molecule has 86 valence electrons. The summed E-state index contributed by atoms with van der Waals surface area (Å²) in [6, 6.07) is 3.52. The molecular formula is C12H17N3O. The molecule has 1 saturated carbocycles. The summed E-state index contributed by atoms with van der Waals surface area (Å²) in [5, 5.41) is 6.11. The summed E-state index contributed by atoms with van der Waals surface area (Å²) in [5.41, 5.74) is 0.692. The van der Waals surface area contributed by atoms with E-state index in [2.05, 4.69) is 22.5 Å². The van der Waals surface area contributed by atoms with E-state index in [0.29, 0.717) is 5.56 Å². The lowest BCUT2D eigenvalue weighted by Gasteiger charge is -2.11. The molecule has 2 rings (SSSR count). The average molecular weight is 219 g/mol.